The van der Waals surface area contributed by atoms with E-state index in [0.29, 0.717) is 0 Å². The van der Waals surface area contributed by atoms with Crippen LogP contribution in [-0.4, -0.2) is 48.4 Å². The van der Waals surface area contributed by atoms with Crippen molar-refractivity contribution in [2.45, 2.75) is 26.2 Å². The Labute approximate surface area is 120 Å². The van der Waals surface area contributed by atoms with Crippen molar-refractivity contribution in [2.75, 3.05) is 37.6 Å². The van der Waals surface area contributed by atoms with E-state index < -0.39 is 0 Å². The maximum atomic E-state index is 7.83. The number of fused-ring (bicyclic) bond motifs is 1. The number of hydrogen-bond donors (Lipinski definition) is 2. The summed E-state index contributed by atoms with van der Waals surface area (Å²) in [5, 5.41) is 7.83. The standard InChI is InChI=1S/C15H23N5/c1-2-19-6-8-20(9-7-19)15-12(14(16)17)10-11-4-3-5-13(11)18-15/h10H,2-9H2,1H3,(H3,16,17). The first-order chi connectivity index (χ1) is 9.69. The van der Waals surface area contributed by atoms with Crippen LogP contribution >= 0.6 is 0 Å². The summed E-state index contributed by atoms with van der Waals surface area (Å²) in [7, 11) is 0. The lowest BCUT2D eigenvalue weighted by molar-refractivity contribution is 0.270. The van der Waals surface area contributed by atoms with Gasteiger partial charge in [0.05, 0.1) is 5.56 Å². The first-order valence-corrected chi connectivity index (χ1v) is 7.53. The Bertz CT molecular complexity index is 517. The second-order valence-electron chi connectivity index (χ2n) is 5.65. The molecule has 108 valence electrons. The van der Waals surface area contributed by atoms with Gasteiger partial charge >= 0.3 is 0 Å². The Morgan fingerprint density at radius 2 is 2.05 bits per heavy atom. The van der Waals surface area contributed by atoms with Gasteiger partial charge in [-0.05, 0) is 37.4 Å². The molecule has 2 aliphatic rings. The van der Waals surface area contributed by atoms with Gasteiger partial charge in [-0.25, -0.2) is 4.98 Å². The molecule has 20 heavy (non-hydrogen) atoms. The minimum absolute atomic E-state index is 0.139. The molecule has 5 heteroatoms. The van der Waals surface area contributed by atoms with Crippen LogP contribution in [0.15, 0.2) is 6.07 Å². The average Bonchev–Trinajstić information content (AvgIpc) is 2.93. The zero-order valence-electron chi connectivity index (χ0n) is 12.2. The molecule has 0 aromatic carbocycles. The summed E-state index contributed by atoms with van der Waals surface area (Å²) in [4.78, 5) is 9.57. The molecule has 2 heterocycles. The largest absolute Gasteiger partial charge is 0.384 e. The molecule has 0 unspecified atom stereocenters. The van der Waals surface area contributed by atoms with E-state index in [1.807, 2.05) is 0 Å². The third kappa shape index (κ3) is 2.38. The van der Waals surface area contributed by atoms with Crippen molar-refractivity contribution in [3.05, 3.63) is 22.9 Å². The highest BCUT2D eigenvalue weighted by Gasteiger charge is 2.23. The van der Waals surface area contributed by atoms with Crippen molar-refractivity contribution in [2.24, 2.45) is 5.73 Å². The zero-order chi connectivity index (χ0) is 14.1. The topological polar surface area (TPSA) is 69.2 Å². The summed E-state index contributed by atoms with van der Waals surface area (Å²) in [6, 6.07) is 2.10. The van der Waals surface area contributed by atoms with E-state index >= 15 is 0 Å². The molecule has 0 saturated carbocycles. The van der Waals surface area contributed by atoms with Gasteiger partial charge in [0.1, 0.15) is 11.7 Å². The number of nitrogens with one attached hydrogen (secondary N) is 1. The summed E-state index contributed by atoms with van der Waals surface area (Å²) >= 11 is 0. The third-order valence-corrected chi connectivity index (χ3v) is 4.44. The molecule has 1 saturated heterocycles. The van der Waals surface area contributed by atoms with E-state index in [1.165, 1.54) is 17.7 Å². The van der Waals surface area contributed by atoms with Crippen LogP contribution in [0.2, 0.25) is 0 Å². The number of pyridine rings is 1. The molecule has 1 aromatic heterocycles. The molecule has 5 nitrogen and oxygen atoms in total. The smallest absolute Gasteiger partial charge is 0.139 e. The van der Waals surface area contributed by atoms with Crippen molar-refractivity contribution < 1.29 is 0 Å². The van der Waals surface area contributed by atoms with E-state index in [0.717, 1.165) is 56.9 Å². The molecule has 0 spiro atoms. The number of nitrogens with zero attached hydrogens (tertiary/aromatic N) is 3. The molecule has 3 rings (SSSR count). The SMILES string of the molecule is CCN1CCN(c2nc3c(cc2C(=N)N)CCC3)CC1. The minimum Gasteiger partial charge on any atom is -0.384 e. The monoisotopic (exact) mass is 273 g/mol. The molecule has 0 atom stereocenters. The Balaban J connectivity index is 1.90. The number of nitrogens with two attached hydrogens (primary N) is 1. The van der Waals surface area contributed by atoms with Gasteiger partial charge in [0, 0.05) is 31.9 Å². The van der Waals surface area contributed by atoms with Crippen molar-refractivity contribution in [1.82, 2.24) is 9.88 Å². The first-order valence-electron chi connectivity index (χ1n) is 7.53. The molecule has 0 amide bonds. The number of amidine groups is 1. The minimum atomic E-state index is 0.139. The molecule has 0 radical (unpaired) electrons. The molecule has 1 aromatic rings. The highest BCUT2D eigenvalue weighted by atomic mass is 15.3. The first kappa shape index (κ1) is 13.4. The van der Waals surface area contributed by atoms with E-state index in [2.05, 4.69) is 22.8 Å². The molecule has 1 aliphatic carbocycles. The summed E-state index contributed by atoms with van der Waals surface area (Å²) in [5.41, 5.74) is 9.08. The van der Waals surface area contributed by atoms with Crippen LogP contribution in [0.3, 0.4) is 0 Å². The number of anilines is 1. The molecule has 1 aliphatic heterocycles. The number of nitrogen functional groups attached to an aromatic ring is 1. The summed E-state index contributed by atoms with van der Waals surface area (Å²) < 4.78 is 0. The number of hydrogen-bond acceptors (Lipinski definition) is 4. The highest BCUT2D eigenvalue weighted by molar-refractivity contribution is 6.00. The van der Waals surface area contributed by atoms with Crippen LogP contribution < -0.4 is 10.6 Å². The number of rotatable bonds is 3. The van der Waals surface area contributed by atoms with E-state index in [-0.39, 0.29) is 5.84 Å². The summed E-state index contributed by atoms with van der Waals surface area (Å²) in [5.74, 6) is 1.06. The van der Waals surface area contributed by atoms with Crippen LogP contribution in [0.4, 0.5) is 5.82 Å². The van der Waals surface area contributed by atoms with E-state index in [4.69, 9.17) is 16.1 Å². The van der Waals surface area contributed by atoms with Crippen LogP contribution in [0, 0.1) is 5.41 Å². The Kier molecular flexibility index (Phi) is 3.61. The lowest BCUT2D eigenvalue weighted by Crippen LogP contribution is -2.47. The Morgan fingerprint density at radius 3 is 2.70 bits per heavy atom. The van der Waals surface area contributed by atoms with Gasteiger partial charge in [-0.1, -0.05) is 6.92 Å². The van der Waals surface area contributed by atoms with Crippen molar-refractivity contribution >= 4 is 11.7 Å². The van der Waals surface area contributed by atoms with Crippen LogP contribution in [0.25, 0.3) is 0 Å². The van der Waals surface area contributed by atoms with Crippen molar-refractivity contribution in [3.8, 4) is 0 Å². The van der Waals surface area contributed by atoms with Gasteiger partial charge in [-0.15, -0.1) is 0 Å². The quantitative estimate of drug-likeness (QED) is 0.637. The van der Waals surface area contributed by atoms with E-state index in [9.17, 15) is 0 Å². The fraction of sp³-hybridized carbons (Fsp3) is 0.600. The summed E-state index contributed by atoms with van der Waals surface area (Å²) in [6.07, 6.45) is 3.31. The van der Waals surface area contributed by atoms with Gasteiger partial charge in [-0.3, -0.25) is 5.41 Å². The normalized spacial score (nSPS) is 19.1. The van der Waals surface area contributed by atoms with Gasteiger partial charge in [0.25, 0.3) is 0 Å². The van der Waals surface area contributed by atoms with Crippen LogP contribution in [-0.2, 0) is 12.8 Å². The summed E-state index contributed by atoms with van der Waals surface area (Å²) in [6.45, 7) is 7.37. The highest BCUT2D eigenvalue weighted by Crippen LogP contribution is 2.27. The second kappa shape index (κ2) is 5.40. The zero-order valence-corrected chi connectivity index (χ0v) is 12.2. The number of aryl methyl sites for hydroxylation is 2. The average molecular weight is 273 g/mol. The maximum Gasteiger partial charge on any atom is 0.139 e. The number of aromatic nitrogens is 1. The predicted octanol–water partition coefficient (Wildman–Crippen LogP) is 0.996. The third-order valence-electron chi connectivity index (χ3n) is 4.44. The van der Waals surface area contributed by atoms with Crippen molar-refractivity contribution in [3.63, 3.8) is 0 Å². The Hall–Kier alpha value is -1.62. The van der Waals surface area contributed by atoms with Crippen molar-refractivity contribution in [1.29, 1.82) is 5.41 Å². The second-order valence-corrected chi connectivity index (χ2v) is 5.65. The molecular formula is C15H23N5. The fourth-order valence-electron chi connectivity index (χ4n) is 3.18. The predicted molar refractivity (Wildman–Crippen MR) is 81.6 cm³/mol. The molecule has 0 bridgehead atoms. The molecule has 3 N–H and O–H groups in total. The number of likely N-dealkylation sites (N-methyl/N-ethyl adjacent to an activating group) is 1. The van der Waals surface area contributed by atoms with Gasteiger partial charge < -0.3 is 15.5 Å². The van der Waals surface area contributed by atoms with Gasteiger partial charge in [0.2, 0.25) is 0 Å². The molecular weight excluding hydrogens is 250 g/mol. The maximum absolute atomic E-state index is 7.83. The fourth-order valence-corrected chi connectivity index (χ4v) is 3.18. The lowest BCUT2D eigenvalue weighted by atomic mass is 10.1. The van der Waals surface area contributed by atoms with E-state index in [1.54, 1.807) is 0 Å². The Morgan fingerprint density at radius 1 is 1.30 bits per heavy atom. The molecule has 1 fully saturated rings. The van der Waals surface area contributed by atoms with Gasteiger partial charge in [0.15, 0.2) is 0 Å². The van der Waals surface area contributed by atoms with Gasteiger partial charge in [-0.2, -0.15) is 0 Å². The van der Waals surface area contributed by atoms with Crippen LogP contribution in [0.1, 0.15) is 30.2 Å². The lowest BCUT2D eigenvalue weighted by Gasteiger charge is -2.35. The number of piperazine rings is 1. The van der Waals surface area contributed by atoms with Crippen LogP contribution in [0.5, 0.6) is 0 Å².